The van der Waals surface area contributed by atoms with E-state index in [1.165, 1.54) is 12.1 Å². The van der Waals surface area contributed by atoms with Gasteiger partial charge in [0.1, 0.15) is 6.33 Å². The van der Waals surface area contributed by atoms with Crippen LogP contribution in [0.3, 0.4) is 0 Å². The van der Waals surface area contributed by atoms with E-state index >= 15 is 0 Å². The average molecular weight is 382 g/mol. The number of morpholine rings is 1. The van der Waals surface area contributed by atoms with Crippen molar-refractivity contribution in [3.05, 3.63) is 53.1 Å². The van der Waals surface area contributed by atoms with Crippen LogP contribution in [0.25, 0.3) is 5.95 Å². The lowest BCUT2D eigenvalue weighted by Gasteiger charge is -2.28. The van der Waals surface area contributed by atoms with E-state index in [0.29, 0.717) is 44.1 Å². The van der Waals surface area contributed by atoms with Crippen molar-refractivity contribution >= 4 is 23.3 Å². The number of anilines is 3. The molecular weight excluding hydrogens is 364 g/mol. The molecule has 0 aliphatic carbocycles. The van der Waals surface area contributed by atoms with E-state index < -0.39 is 4.92 Å². The number of hydrogen-bond acceptors (Lipinski definition) is 9. The Balaban J connectivity index is 1.72. The Labute approximate surface area is 160 Å². The summed E-state index contributed by atoms with van der Waals surface area (Å²) in [4.78, 5) is 32.0. The van der Waals surface area contributed by atoms with Crippen LogP contribution < -0.4 is 9.80 Å². The van der Waals surface area contributed by atoms with E-state index in [9.17, 15) is 10.1 Å². The molecule has 4 rings (SSSR count). The molecule has 3 heterocycles. The van der Waals surface area contributed by atoms with Crippen LogP contribution in [-0.2, 0) is 4.74 Å². The third kappa shape index (κ3) is 3.60. The zero-order valence-corrected chi connectivity index (χ0v) is 15.2. The monoisotopic (exact) mass is 382 g/mol. The van der Waals surface area contributed by atoms with Gasteiger partial charge in [-0.3, -0.25) is 14.7 Å². The van der Waals surface area contributed by atoms with Crippen LogP contribution in [0.4, 0.5) is 23.3 Å². The third-order valence-corrected chi connectivity index (χ3v) is 4.38. The Morgan fingerprint density at radius 1 is 1.11 bits per heavy atom. The van der Waals surface area contributed by atoms with E-state index in [0.717, 1.165) is 5.69 Å². The molecule has 0 amide bonds. The fourth-order valence-corrected chi connectivity index (χ4v) is 2.80. The minimum absolute atomic E-state index is 0.0286. The molecule has 1 saturated heterocycles. The molecule has 0 saturated carbocycles. The first kappa shape index (κ1) is 17.8. The summed E-state index contributed by atoms with van der Waals surface area (Å²) in [5, 5.41) is 10.9. The number of aromatic nitrogens is 5. The van der Waals surface area contributed by atoms with Crippen molar-refractivity contribution in [3.63, 3.8) is 0 Å². The normalized spacial score (nSPS) is 14.1. The van der Waals surface area contributed by atoms with E-state index in [1.807, 2.05) is 4.90 Å². The molecule has 2 aromatic heterocycles. The lowest BCUT2D eigenvalue weighted by Crippen LogP contribution is -2.38. The molecule has 0 bridgehead atoms. The first-order chi connectivity index (χ1) is 13.6. The zero-order valence-electron chi connectivity index (χ0n) is 15.2. The number of nitro groups is 1. The molecule has 1 aromatic carbocycles. The van der Waals surface area contributed by atoms with Crippen molar-refractivity contribution in [3.8, 4) is 5.95 Å². The van der Waals surface area contributed by atoms with Gasteiger partial charge in [-0.2, -0.15) is 15.0 Å². The number of nitro benzene ring substituents is 1. The van der Waals surface area contributed by atoms with Crippen LogP contribution in [0.5, 0.6) is 0 Å². The Hall–Kier alpha value is -3.60. The van der Waals surface area contributed by atoms with Crippen molar-refractivity contribution in [2.24, 2.45) is 0 Å². The number of ether oxygens (including phenoxy) is 1. The first-order valence-electron chi connectivity index (χ1n) is 8.67. The summed E-state index contributed by atoms with van der Waals surface area (Å²) in [6.45, 7) is 2.60. The number of benzene rings is 1. The molecule has 3 aromatic rings. The highest BCUT2D eigenvalue weighted by Gasteiger charge is 2.19. The standard InChI is InChI=1S/C17H18N8O3/c1-22(13-2-4-14(5-3-13)25(26)27)15-19-16(23-8-10-28-11-9-23)21-17(20-15)24-7-6-18-12-24/h2-7,12H,8-11H2,1H3. The van der Waals surface area contributed by atoms with Crippen LogP contribution in [0.15, 0.2) is 43.0 Å². The van der Waals surface area contributed by atoms with Crippen LogP contribution in [0.1, 0.15) is 0 Å². The fraction of sp³-hybridized carbons (Fsp3) is 0.294. The highest BCUT2D eigenvalue weighted by Crippen LogP contribution is 2.25. The minimum Gasteiger partial charge on any atom is -0.378 e. The highest BCUT2D eigenvalue weighted by atomic mass is 16.6. The molecule has 0 N–H and O–H groups in total. The maximum atomic E-state index is 10.9. The van der Waals surface area contributed by atoms with Gasteiger partial charge in [0.05, 0.1) is 18.1 Å². The van der Waals surface area contributed by atoms with E-state index in [-0.39, 0.29) is 5.69 Å². The van der Waals surface area contributed by atoms with Gasteiger partial charge in [-0.1, -0.05) is 0 Å². The molecule has 1 fully saturated rings. The number of non-ortho nitro benzene ring substituents is 1. The number of rotatable bonds is 5. The SMILES string of the molecule is CN(c1ccc([N+](=O)[O-])cc1)c1nc(N2CCOCC2)nc(-n2ccnc2)n1. The number of imidazole rings is 1. The van der Waals surface area contributed by atoms with Gasteiger partial charge in [0.15, 0.2) is 0 Å². The summed E-state index contributed by atoms with van der Waals surface area (Å²) in [6, 6.07) is 6.22. The highest BCUT2D eigenvalue weighted by molar-refractivity contribution is 5.59. The maximum Gasteiger partial charge on any atom is 0.269 e. The molecule has 28 heavy (non-hydrogen) atoms. The predicted octanol–water partition coefficient (Wildman–Crippen LogP) is 1.57. The van der Waals surface area contributed by atoms with E-state index in [4.69, 9.17) is 4.74 Å². The summed E-state index contributed by atoms with van der Waals surface area (Å²) < 4.78 is 7.11. The Bertz CT molecular complexity index is 955. The number of nitrogens with zero attached hydrogens (tertiary/aromatic N) is 8. The molecule has 0 unspecified atom stereocenters. The maximum absolute atomic E-state index is 10.9. The summed E-state index contributed by atoms with van der Waals surface area (Å²) in [5.74, 6) is 1.41. The molecular formula is C17H18N8O3. The van der Waals surface area contributed by atoms with Crippen molar-refractivity contribution in [1.29, 1.82) is 0 Å². The molecule has 144 valence electrons. The second-order valence-electron chi connectivity index (χ2n) is 6.14. The molecule has 0 spiro atoms. The van der Waals surface area contributed by atoms with E-state index in [1.54, 1.807) is 47.4 Å². The zero-order chi connectivity index (χ0) is 19.5. The van der Waals surface area contributed by atoms with Gasteiger partial charge in [0, 0.05) is 50.4 Å². The van der Waals surface area contributed by atoms with Crippen molar-refractivity contribution in [1.82, 2.24) is 24.5 Å². The summed E-state index contributed by atoms with van der Waals surface area (Å²) in [6.07, 6.45) is 5.03. The lowest BCUT2D eigenvalue weighted by atomic mass is 10.2. The third-order valence-electron chi connectivity index (χ3n) is 4.38. The summed E-state index contributed by atoms with van der Waals surface area (Å²) >= 11 is 0. The topological polar surface area (TPSA) is 115 Å². The van der Waals surface area contributed by atoms with Crippen LogP contribution in [0, 0.1) is 10.1 Å². The van der Waals surface area contributed by atoms with Gasteiger partial charge in [-0.15, -0.1) is 0 Å². The quantitative estimate of drug-likeness (QED) is 0.479. The van der Waals surface area contributed by atoms with Crippen LogP contribution in [0.2, 0.25) is 0 Å². The van der Waals surface area contributed by atoms with Gasteiger partial charge in [0.25, 0.3) is 5.69 Å². The smallest absolute Gasteiger partial charge is 0.269 e. The van der Waals surface area contributed by atoms with Crippen molar-refractivity contribution in [2.75, 3.05) is 43.2 Å². The predicted molar refractivity (Wildman–Crippen MR) is 101 cm³/mol. The molecule has 11 heteroatoms. The summed E-state index contributed by atoms with van der Waals surface area (Å²) in [5.41, 5.74) is 0.752. The van der Waals surface area contributed by atoms with Gasteiger partial charge < -0.3 is 14.5 Å². The lowest BCUT2D eigenvalue weighted by molar-refractivity contribution is -0.384. The molecule has 0 radical (unpaired) electrons. The Morgan fingerprint density at radius 2 is 1.82 bits per heavy atom. The molecule has 11 nitrogen and oxygen atoms in total. The largest absolute Gasteiger partial charge is 0.378 e. The first-order valence-corrected chi connectivity index (χ1v) is 8.67. The average Bonchev–Trinajstić information content (AvgIpc) is 3.28. The second kappa shape index (κ2) is 7.56. The van der Waals surface area contributed by atoms with Gasteiger partial charge in [-0.05, 0) is 12.1 Å². The van der Waals surface area contributed by atoms with Crippen LogP contribution in [-0.4, -0.2) is 62.8 Å². The Morgan fingerprint density at radius 3 is 2.46 bits per heavy atom. The number of hydrogen-bond donors (Lipinski definition) is 0. The van der Waals surface area contributed by atoms with Gasteiger partial charge >= 0.3 is 0 Å². The molecule has 1 aliphatic rings. The minimum atomic E-state index is -0.430. The summed E-state index contributed by atoms with van der Waals surface area (Å²) in [7, 11) is 1.80. The van der Waals surface area contributed by atoms with Crippen LogP contribution >= 0.6 is 0 Å². The molecule has 0 atom stereocenters. The van der Waals surface area contributed by atoms with Crippen molar-refractivity contribution < 1.29 is 9.66 Å². The second-order valence-corrected chi connectivity index (χ2v) is 6.14. The molecule has 1 aliphatic heterocycles. The Kier molecular flexibility index (Phi) is 4.81. The van der Waals surface area contributed by atoms with Gasteiger partial charge in [-0.25, -0.2) is 4.98 Å². The fourth-order valence-electron chi connectivity index (χ4n) is 2.80. The van der Waals surface area contributed by atoms with Gasteiger partial charge in [0.2, 0.25) is 17.8 Å². The van der Waals surface area contributed by atoms with Crippen molar-refractivity contribution in [2.45, 2.75) is 0 Å². The van der Waals surface area contributed by atoms with E-state index in [2.05, 4.69) is 19.9 Å².